The second kappa shape index (κ2) is 8.22. The van der Waals surface area contributed by atoms with Crippen LogP contribution in [-0.4, -0.2) is 24.5 Å². The largest absolute Gasteiger partial charge is 0.321 e. The maximum atomic E-state index is 12.9. The minimum Gasteiger partial charge on any atom is -0.321 e. The number of rotatable bonds is 5. The Kier molecular flexibility index (Phi) is 5.22. The number of aromatic nitrogens is 2. The van der Waals surface area contributed by atoms with Gasteiger partial charge in [0.1, 0.15) is 5.69 Å². The standard InChI is InChI=1S/C25H22N4O3S/c1-16-5-4-7-19(15-16)29-33(31,32)20-12-10-18(11-13-20)26-25(30)24-22-14-9-17-6-2-3-8-21(17)23(22)27-28-24/h2-8,10-13,15,29H,9,14H2,1H3,(H,26,30)(H,27,28). The predicted molar refractivity (Wildman–Crippen MR) is 128 cm³/mol. The van der Waals surface area contributed by atoms with E-state index in [1.165, 1.54) is 17.7 Å². The van der Waals surface area contributed by atoms with E-state index in [0.29, 0.717) is 17.1 Å². The summed E-state index contributed by atoms with van der Waals surface area (Å²) in [5.74, 6) is -0.309. The van der Waals surface area contributed by atoms with Crippen LogP contribution >= 0.6 is 0 Å². The number of nitrogens with zero attached hydrogens (tertiary/aromatic N) is 1. The third kappa shape index (κ3) is 4.12. The van der Waals surface area contributed by atoms with Crippen LogP contribution in [0.1, 0.15) is 27.2 Å². The van der Waals surface area contributed by atoms with Gasteiger partial charge in [0.15, 0.2) is 0 Å². The summed E-state index contributed by atoms with van der Waals surface area (Å²) in [7, 11) is -3.74. The molecule has 8 heteroatoms. The van der Waals surface area contributed by atoms with Crippen molar-refractivity contribution in [2.24, 2.45) is 0 Å². The summed E-state index contributed by atoms with van der Waals surface area (Å²) in [4.78, 5) is 13.0. The van der Waals surface area contributed by atoms with E-state index in [1.54, 1.807) is 30.3 Å². The fraction of sp³-hybridized carbons (Fsp3) is 0.120. The number of benzene rings is 3. The molecule has 33 heavy (non-hydrogen) atoms. The number of hydrogen-bond donors (Lipinski definition) is 3. The van der Waals surface area contributed by atoms with Crippen LogP contribution in [0.3, 0.4) is 0 Å². The Morgan fingerprint density at radius 1 is 0.939 bits per heavy atom. The highest BCUT2D eigenvalue weighted by atomic mass is 32.2. The molecule has 3 aromatic carbocycles. The van der Waals surface area contributed by atoms with Crippen LogP contribution in [0.5, 0.6) is 0 Å². The molecule has 0 fully saturated rings. The van der Waals surface area contributed by atoms with E-state index in [4.69, 9.17) is 0 Å². The van der Waals surface area contributed by atoms with Crippen molar-refractivity contribution in [3.63, 3.8) is 0 Å². The lowest BCUT2D eigenvalue weighted by atomic mass is 9.89. The van der Waals surface area contributed by atoms with Gasteiger partial charge in [-0.15, -0.1) is 0 Å². The monoisotopic (exact) mass is 458 g/mol. The Morgan fingerprint density at radius 2 is 1.73 bits per heavy atom. The van der Waals surface area contributed by atoms with Crippen LogP contribution in [0.2, 0.25) is 0 Å². The Bertz CT molecular complexity index is 1460. The Hall–Kier alpha value is -3.91. The van der Waals surface area contributed by atoms with Gasteiger partial charge in [0, 0.05) is 22.5 Å². The summed E-state index contributed by atoms with van der Waals surface area (Å²) in [5, 5.41) is 10.1. The van der Waals surface area contributed by atoms with E-state index in [-0.39, 0.29) is 10.8 Å². The fourth-order valence-corrected chi connectivity index (χ4v) is 5.13. The summed E-state index contributed by atoms with van der Waals surface area (Å²) < 4.78 is 27.9. The molecule has 0 radical (unpaired) electrons. The molecule has 166 valence electrons. The van der Waals surface area contributed by atoms with Crippen LogP contribution in [0.4, 0.5) is 11.4 Å². The highest BCUT2D eigenvalue weighted by molar-refractivity contribution is 7.92. The van der Waals surface area contributed by atoms with E-state index in [9.17, 15) is 13.2 Å². The first-order valence-electron chi connectivity index (χ1n) is 10.6. The molecule has 0 saturated carbocycles. The van der Waals surface area contributed by atoms with Crippen LogP contribution in [0.25, 0.3) is 11.3 Å². The number of anilines is 2. The normalized spacial score (nSPS) is 12.5. The Labute approximate surface area is 191 Å². The zero-order chi connectivity index (χ0) is 23.0. The van der Waals surface area contributed by atoms with Gasteiger partial charge in [0.2, 0.25) is 0 Å². The molecule has 4 aromatic rings. The number of aromatic amines is 1. The maximum Gasteiger partial charge on any atom is 0.273 e. The van der Waals surface area contributed by atoms with Crippen molar-refractivity contribution < 1.29 is 13.2 Å². The molecule has 1 aliphatic rings. The van der Waals surface area contributed by atoms with Gasteiger partial charge in [-0.2, -0.15) is 5.10 Å². The maximum absolute atomic E-state index is 12.9. The third-order valence-corrected chi connectivity index (χ3v) is 7.10. The molecular weight excluding hydrogens is 436 g/mol. The van der Waals surface area contributed by atoms with Crippen molar-refractivity contribution in [2.45, 2.75) is 24.7 Å². The Morgan fingerprint density at radius 3 is 2.52 bits per heavy atom. The third-order valence-electron chi connectivity index (χ3n) is 5.70. The highest BCUT2D eigenvalue weighted by Gasteiger charge is 2.25. The van der Waals surface area contributed by atoms with Gasteiger partial charge >= 0.3 is 0 Å². The summed E-state index contributed by atoms with van der Waals surface area (Å²) in [6.45, 7) is 1.89. The second-order valence-corrected chi connectivity index (χ2v) is 9.72. The zero-order valence-electron chi connectivity index (χ0n) is 17.9. The lowest BCUT2D eigenvalue weighted by molar-refractivity contribution is 0.102. The van der Waals surface area contributed by atoms with Crippen LogP contribution < -0.4 is 10.0 Å². The van der Waals surface area contributed by atoms with Crippen molar-refractivity contribution in [1.29, 1.82) is 0 Å². The molecule has 1 aromatic heterocycles. The molecule has 5 rings (SSSR count). The lowest BCUT2D eigenvalue weighted by Crippen LogP contribution is -2.16. The first-order chi connectivity index (χ1) is 15.9. The van der Waals surface area contributed by atoms with E-state index in [2.05, 4.69) is 26.3 Å². The molecule has 1 aliphatic carbocycles. The summed E-state index contributed by atoms with van der Waals surface area (Å²) in [6.07, 6.45) is 1.58. The molecule has 1 amide bonds. The summed E-state index contributed by atoms with van der Waals surface area (Å²) >= 11 is 0. The number of amides is 1. The van der Waals surface area contributed by atoms with Crippen LogP contribution in [0, 0.1) is 6.92 Å². The quantitative estimate of drug-likeness (QED) is 0.408. The average Bonchev–Trinajstić information content (AvgIpc) is 3.24. The number of carbonyl (C=O) groups excluding carboxylic acids is 1. The van der Waals surface area contributed by atoms with Crippen molar-refractivity contribution in [1.82, 2.24) is 10.2 Å². The van der Waals surface area contributed by atoms with Crippen LogP contribution in [0.15, 0.2) is 77.7 Å². The molecule has 0 aliphatic heterocycles. The van der Waals surface area contributed by atoms with E-state index >= 15 is 0 Å². The number of nitrogens with one attached hydrogen (secondary N) is 3. The van der Waals surface area contributed by atoms with Gasteiger partial charge in [0.05, 0.1) is 10.6 Å². The zero-order valence-corrected chi connectivity index (χ0v) is 18.7. The minimum absolute atomic E-state index is 0.109. The summed E-state index contributed by atoms with van der Waals surface area (Å²) in [6, 6.07) is 21.3. The number of H-pyrrole nitrogens is 1. The molecule has 0 atom stereocenters. The van der Waals surface area contributed by atoms with Gasteiger partial charge < -0.3 is 5.32 Å². The van der Waals surface area contributed by atoms with E-state index in [1.807, 2.05) is 31.2 Å². The Balaban J connectivity index is 1.32. The second-order valence-electron chi connectivity index (χ2n) is 8.04. The molecule has 7 nitrogen and oxygen atoms in total. The molecule has 3 N–H and O–H groups in total. The number of carbonyl (C=O) groups is 1. The molecule has 0 unspecified atom stereocenters. The van der Waals surface area contributed by atoms with Crippen molar-refractivity contribution in [3.05, 3.63) is 95.2 Å². The van der Waals surface area contributed by atoms with Gasteiger partial charge in [0.25, 0.3) is 15.9 Å². The minimum atomic E-state index is -3.74. The lowest BCUT2D eigenvalue weighted by Gasteiger charge is -2.15. The van der Waals surface area contributed by atoms with Crippen molar-refractivity contribution >= 4 is 27.3 Å². The van der Waals surface area contributed by atoms with Gasteiger partial charge in [-0.25, -0.2) is 8.42 Å². The first kappa shape index (κ1) is 21.0. The summed E-state index contributed by atoms with van der Waals surface area (Å²) in [5.41, 5.74) is 6.35. The number of fused-ring (bicyclic) bond motifs is 3. The molecule has 0 saturated heterocycles. The van der Waals surface area contributed by atoms with Crippen molar-refractivity contribution in [3.8, 4) is 11.3 Å². The number of hydrogen-bond acceptors (Lipinski definition) is 4. The number of aryl methyl sites for hydroxylation is 2. The first-order valence-corrected chi connectivity index (χ1v) is 12.1. The smallest absolute Gasteiger partial charge is 0.273 e. The number of sulfonamides is 1. The van der Waals surface area contributed by atoms with E-state index < -0.39 is 10.0 Å². The van der Waals surface area contributed by atoms with Gasteiger partial charge in [-0.05, 0) is 67.3 Å². The van der Waals surface area contributed by atoms with Gasteiger partial charge in [-0.1, -0.05) is 36.4 Å². The fourth-order valence-electron chi connectivity index (χ4n) is 4.08. The highest BCUT2D eigenvalue weighted by Crippen LogP contribution is 2.33. The van der Waals surface area contributed by atoms with E-state index in [0.717, 1.165) is 35.2 Å². The van der Waals surface area contributed by atoms with Crippen LogP contribution in [-0.2, 0) is 22.9 Å². The topological polar surface area (TPSA) is 104 Å². The predicted octanol–water partition coefficient (Wildman–Crippen LogP) is 4.54. The molecule has 1 heterocycles. The van der Waals surface area contributed by atoms with Gasteiger partial charge in [-0.3, -0.25) is 14.6 Å². The molecule has 0 bridgehead atoms. The van der Waals surface area contributed by atoms with Crippen molar-refractivity contribution in [2.75, 3.05) is 10.0 Å². The SMILES string of the molecule is Cc1cccc(NS(=O)(=O)c2ccc(NC(=O)c3[nH]nc4c3CCc3ccccc3-4)cc2)c1. The molecule has 0 spiro atoms. The molecular formula is C25H22N4O3S. The average molecular weight is 459 g/mol.